The van der Waals surface area contributed by atoms with Crippen LogP contribution in [0, 0.1) is 17.0 Å². The number of nitrogens with zero attached hydrogens (tertiary/aromatic N) is 1. The van der Waals surface area contributed by atoms with Gasteiger partial charge in [-0.1, -0.05) is 0 Å². The fourth-order valence-electron chi connectivity index (χ4n) is 2.25. The second-order valence-electron chi connectivity index (χ2n) is 5.61. The number of ether oxygens (including phenoxy) is 1. The number of nitrogens with two attached hydrogens (primary N) is 1. The Kier molecular flexibility index (Phi) is 5.23. The minimum absolute atomic E-state index is 0.0252. The molecule has 1 aromatic heterocycles. The Labute approximate surface area is 159 Å². The Morgan fingerprint density at radius 1 is 1.07 bits per heavy atom. The van der Waals surface area contributed by atoms with Gasteiger partial charge in [0.1, 0.15) is 28.9 Å². The summed E-state index contributed by atoms with van der Waals surface area (Å²) in [4.78, 5) is 3.40. The SMILES string of the molecule is N=C(N)c1ccc(Oc2ncccc2NS(=O)(=O)c2cc(F)cc(F)c2)cc1. The molecule has 7 nitrogen and oxygen atoms in total. The smallest absolute Gasteiger partial charge is 0.262 e. The van der Waals surface area contributed by atoms with Gasteiger partial charge in [0.2, 0.25) is 5.88 Å². The molecule has 28 heavy (non-hydrogen) atoms. The van der Waals surface area contributed by atoms with Crippen molar-refractivity contribution in [1.82, 2.24) is 4.98 Å². The molecule has 0 radical (unpaired) electrons. The maximum atomic E-state index is 13.4. The van der Waals surface area contributed by atoms with E-state index < -0.39 is 26.6 Å². The summed E-state index contributed by atoms with van der Waals surface area (Å²) >= 11 is 0. The van der Waals surface area contributed by atoms with Crippen molar-refractivity contribution in [3.05, 3.63) is 78.0 Å². The number of nitrogens with one attached hydrogen (secondary N) is 2. The van der Waals surface area contributed by atoms with Crippen LogP contribution in [-0.4, -0.2) is 19.2 Å². The van der Waals surface area contributed by atoms with E-state index in [-0.39, 0.29) is 17.4 Å². The number of aromatic nitrogens is 1. The number of amidine groups is 1. The van der Waals surface area contributed by atoms with Crippen molar-refractivity contribution in [3.63, 3.8) is 0 Å². The number of halogens is 2. The first-order valence-electron chi connectivity index (χ1n) is 7.81. The molecule has 10 heteroatoms. The number of pyridine rings is 1. The molecule has 0 bridgehead atoms. The van der Waals surface area contributed by atoms with Crippen LogP contribution in [0.4, 0.5) is 14.5 Å². The van der Waals surface area contributed by atoms with Crippen molar-refractivity contribution >= 4 is 21.5 Å². The fourth-order valence-corrected chi connectivity index (χ4v) is 3.35. The van der Waals surface area contributed by atoms with Gasteiger partial charge < -0.3 is 10.5 Å². The van der Waals surface area contributed by atoms with Crippen LogP contribution in [0.25, 0.3) is 0 Å². The van der Waals surface area contributed by atoms with E-state index in [0.29, 0.717) is 29.5 Å². The van der Waals surface area contributed by atoms with Crippen molar-refractivity contribution in [2.45, 2.75) is 4.90 Å². The summed E-state index contributed by atoms with van der Waals surface area (Å²) in [5.74, 6) is -1.90. The monoisotopic (exact) mass is 404 g/mol. The van der Waals surface area contributed by atoms with E-state index in [4.69, 9.17) is 15.9 Å². The average Bonchev–Trinajstić information content (AvgIpc) is 2.63. The Morgan fingerprint density at radius 2 is 1.71 bits per heavy atom. The van der Waals surface area contributed by atoms with Gasteiger partial charge in [-0.3, -0.25) is 10.1 Å². The second-order valence-corrected chi connectivity index (χ2v) is 7.29. The third-order valence-electron chi connectivity index (χ3n) is 3.54. The molecule has 1 heterocycles. The van der Waals surface area contributed by atoms with Crippen LogP contribution in [-0.2, 0) is 10.0 Å². The first-order chi connectivity index (χ1) is 13.2. The molecule has 0 aliphatic carbocycles. The molecule has 0 saturated carbocycles. The van der Waals surface area contributed by atoms with Crippen molar-refractivity contribution < 1.29 is 21.9 Å². The molecule has 4 N–H and O–H groups in total. The molecule has 0 saturated heterocycles. The van der Waals surface area contributed by atoms with Crippen LogP contribution in [0.15, 0.2) is 65.7 Å². The van der Waals surface area contributed by atoms with E-state index in [9.17, 15) is 17.2 Å². The van der Waals surface area contributed by atoms with Gasteiger partial charge in [0.25, 0.3) is 10.0 Å². The second kappa shape index (κ2) is 7.61. The lowest BCUT2D eigenvalue weighted by Crippen LogP contribution is -2.14. The predicted octanol–water partition coefficient (Wildman–Crippen LogP) is 3.24. The number of anilines is 1. The summed E-state index contributed by atoms with van der Waals surface area (Å²) in [5, 5.41) is 7.37. The highest BCUT2D eigenvalue weighted by atomic mass is 32.2. The topological polar surface area (TPSA) is 118 Å². The van der Waals surface area contributed by atoms with Crippen LogP contribution in [0.3, 0.4) is 0 Å². The molecule has 0 unspecified atom stereocenters. The number of nitrogen functional groups attached to an aromatic ring is 1. The van der Waals surface area contributed by atoms with Crippen LogP contribution in [0.2, 0.25) is 0 Å². The van der Waals surface area contributed by atoms with Gasteiger partial charge in [-0.2, -0.15) is 0 Å². The lowest BCUT2D eigenvalue weighted by Gasteiger charge is -2.13. The van der Waals surface area contributed by atoms with Crippen LogP contribution < -0.4 is 15.2 Å². The standard InChI is InChI=1S/C18H14F2N4O3S/c19-12-8-13(20)10-15(9-12)28(25,26)24-16-2-1-7-23-18(16)27-14-5-3-11(4-6-14)17(21)22/h1-10,24H,(H3,21,22). The number of benzene rings is 2. The van der Waals surface area contributed by atoms with Crippen molar-refractivity contribution in [2.24, 2.45) is 5.73 Å². The lowest BCUT2D eigenvalue weighted by atomic mass is 10.2. The number of hydrogen-bond donors (Lipinski definition) is 3. The van der Waals surface area contributed by atoms with E-state index in [1.165, 1.54) is 30.5 Å². The van der Waals surface area contributed by atoms with E-state index in [1.54, 1.807) is 12.1 Å². The van der Waals surface area contributed by atoms with Gasteiger partial charge in [0.05, 0.1) is 4.90 Å². The highest BCUT2D eigenvalue weighted by Crippen LogP contribution is 2.29. The van der Waals surface area contributed by atoms with Gasteiger partial charge in [-0.15, -0.1) is 0 Å². The molecular weight excluding hydrogens is 390 g/mol. The number of hydrogen-bond acceptors (Lipinski definition) is 5. The molecular formula is C18H14F2N4O3S. The van der Waals surface area contributed by atoms with E-state index in [2.05, 4.69) is 9.71 Å². The summed E-state index contributed by atoms with van der Waals surface area (Å²) < 4.78 is 59.4. The normalized spacial score (nSPS) is 11.1. The Balaban J connectivity index is 1.88. The van der Waals surface area contributed by atoms with Crippen LogP contribution in [0.1, 0.15) is 5.56 Å². The maximum Gasteiger partial charge on any atom is 0.262 e. The van der Waals surface area contributed by atoms with E-state index >= 15 is 0 Å². The van der Waals surface area contributed by atoms with Crippen molar-refractivity contribution in [2.75, 3.05) is 4.72 Å². The minimum Gasteiger partial charge on any atom is -0.437 e. The van der Waals surface area contributed by atoms with Crippen molar-refractivity contribution in [1.29, 1.82) is 5.41 Å². The molecule has 144 valence electrons. The highest BCUT2D eigenvalue weighted by molar-refractivity contribution is 7.92. The van der Waals surface area contributed by atoms with Crippen LogP contribution in [0.5, 0.6) is 11.6 Å². The quantitative estimate of drug-likeness (QED) is 0.431. The zero-order chi connectivity index (χ0) is 20.3. The molecule has 0 spiro atoms. The Morgan fingerprint density at radius 3 is 2.32 bits per heavy atom. The number of sulfonamides is 1. The largest absolute Gasteiger partial charge is 0.437 e. The molecule has 0 fully saturated rings. The first-order valence-corrected chi connectivity index (χ1v) is 9.29. The third kappa shape index (κ3) is 4.41. The van der Waals surface area contributed by atoms with E-state index in [1.807, 2.05) is 0 Å². The predicted molar refractivity (Wildman–Crippen MR) is 98.9 cm³/mol. The molecule has 2 aromatic carbocycles. The van der Waals surface area contributed by atoms with Crippen molar-refractivity contribution in [3.8, 4) is 11.6 Å². The summed E-state index contributed by atoms with van der Waals surface area (Å²) in [7, 11) is -4.29. The zero-order valence-electron chi connectivity index (χ0n) is 14.2. The van der Waals surface area contributed by atoms with Gasteiger partial charge >= 0.3 is 0 Å². The van der Waals surface area contributed by atoms with Crippen LogP contribution >= 0.6 is 0 Å². The average molecular weight is 404 g/mol. The summed E-state index contributed by atoms with van der Waals surface area (Å²) in [5.41, 5.74) is 5.85. The molecule has 3 rings (SSSR count). The fraction of sp³-hybridized carbons (Fsp3) is 0. The van der Waals surface area contributed by atoms with Gasteiger partial charge in [0, 0.05) is 17.8 Å². The number of rotatable bonds is 6. The summed E-state index contributed by atoms with van der Waals surface area (Å²) in [6.45, 7) is 0. The molecule has 0 atom stereocenters. The summed E-state index contributed by atoms with van der Waals surface area (Å²) in [6.07, 6.45) is 1.39. The van der Waals surface area contributed by atoms with Gasteiger partial charge in [0.15, 0.2) is 0 Å². The molecule has 0 aliphatic rings. The highest BCUT2D eigenvalue weighted by Gasteiger charge is 2.19. The Bertz CT molecular complexity index is 1120. The van der Waals surface area contributed by atoms with E-state index in [0.717, 1.165) is 0 Å². The minimum atomic E-state index is -4.29. The summed E-state index contributed by atoms with van der Waals surface area (Å²) in [6, 6.07) is 11.0. The maximum absolute atomic E-state index is 13.4. The molecule has 0 amide bonds. The van der Waals surface area contributed by atoms with Gasteiger partial charge in [-0.05, 0) is 48.5 Å². The first kappa shape index (κ1) is 19.2. The third-order valence-corrected chi connectivity index (χ3v) is 4.89. The Hall–Kier alpha value is -3.53. The van der Waals surface area contributed by atoms with Gasteiger partial charge in [-0.25, -0.2) is 22.2 Å². The molecule has 3 aromatic rings. The lowest BCUT2D eigenvalue weighted by molar-refractivity contribution is 0.465. The molecule has 0 aliphatic heterocycles. The zero-order valence-corrected chi connectivity index (χ0v) is 15.0.